The van der Waals surface area contributed by atoms with Crippen molar-refractivity contribution < 1.29 is 9.13 Å². The van der Waals surface area contributed by atoms with E-state index in [0.29, 0.717) is 0 Å². The molecule has 6 rings (SSSR count). The molecule has 4 nitrogen and oxygen atoms in total. The standard InChI is InChI=1S/C29H34N4/c1-2-9-19-31-27-17-23-33(29-15-7-5-13-25(27)29)21-11-3-10-20-32-22-16-26(30-18-8-1)24-12-4-6-14-28(24)32/h4-7,12-17,22-23H,1-3,8-11,18-21H2/p+2. The molecule has 4 aromatic rings. The molecule has 0 saturated heterocycles. The van der Waals surface area contributed by atoms with E-state index in [1.54, 1.807) is 0 Å². The lowest BCUT2D eigenvalue weighted by atomic mass is 10.1. The van der Waals surface area contributed by atoms with Gasteiger partial charge in [-0.2, -0.15) is 9.13 Å². The minimum atomic E-state index is 1.03. The summed E-state index contributed by atoms with van der Waals surface area (Å²) in [5.41, 5.74) is 5.18. The number of benzene rings is 2. The Morgan fingerprint density at radius 2 is 0.939 bits per heavy atom. The largest absolute Gasteiger partial charge is 0.384 e. The zero-order valence-electron chi connectivity index (χ0n) is 19.6. The van der Waals surface area contributed by atoms with Crippen LogP contribution in [0.15, 0.2) is 73.1 Å². The summed E-state index contributed by atoms with van der Waals surface area (Å²) in [6.45, 7) is 4.19. The number of aromatic nitrogens is 2. The molecule has 0 atom stereocenters. The highest BCUT2D eigenvalue weighted by Gasteiger charge is 2.14. The lowest BCUT2D eigenvalue weighted by molar-refractivity contribution is -0.675. The normalized spacial score (nSPS) is 16.2. The first-order valence-electron chi connectivity index (χ1n) is 12.7. The van der Waals surface area contributed by atoms with E-state index in [9.17, 15) is 0 Å². The summed E-state index contributed by atoms with van der Waals surface area (Å²) in [5, 5.41) is 10.1. The summed E-state index contributed by atoms with van der Waals surface area (Å²) < 4.78 is 4.85. The molecule has 2 aliphatic rings. The van der Waals surface area contributed by atoms with E-state index in [1.165, 1.54) is 78.1 Å². The third kappa shape index (κ3) is 5.11. The molecule has 4 bridgehead atoms. The maximum absolute atomic E-state index is 3.70. The van der Waals surface area contributed by atoms with E-state index in [2.05, 4.69) is 92.8 Å². The summed E-state index contributed by atoms with van der Waals surface area (Å²) in [6.07, 6.45) is 13.1. The fraction of sp³-hybridized carbons (Fsp3) is 0.379. The molecule has 33 heavy (non-hydrogen) atoms. The Hall–Kier alpha value is -3.14. The lowest BCUT2D eigenvalue weighted by Crippen LogP contribution is -2.35. The van der Waals surface area contributed by atoms with Crippen LogP contribution in [0.3, 0.4) is 0 Å². The quantitative estimate of drug-likeness (QED) is 0.337. The number of anilines is 2. The highest BCUT2D eigenvalue weighted by atomic mass is 15.0. The van der Waals surface area contributed by atoms with Gasteiger partial charge in [0.05, 0.1) is 22.1 Å². The van der Waals surface area contributed by atoms with Gasteiger partial charge in [0.1, 0.15) is 13.1 Å². The van der Waals surface area contributed by atoms with Gasteiger partial charge in [-0.05, 0) is 31.4 Å². The molecule has 170 valence electrons. The van der Waals surface area contributed by atoms with Crippen LogP contribution in [0.2, 0.25) is 0 Å². The number of nitrogens with one attached hydrogen (secondary N) is 2. The maximum atomic E-state index is 3.70. The van der Waals surface area contributed by atoms with Gasteiger partial charge in [-0.3, -0.25) is 0 Å². The number of hydrogen-bond acceptors (Lipinski definition) is 2. The van der Waals surface area contributed by atoms with Gasteiger partial charge in [0.2, 0.25) is 11.0 Å². The molecule has 2 N–H and O–H groups in total. The summed E-state index contributed by atoms with van der Waals surface area (Å²) in [4.78, 5) is 0. The second-order valence-electron chi connectivity index (χ2n) is 9.21. The summed E-state index contributed by atoms with van der Waals surface area (Å²) in [7, 11) is 0. The van der Waals surface area contributed by atoms with Crippen molar-refractivity contribution >= 4 is 33.2 Å². The Balaban J connectivity index is 1.36. The minimum Gasteiger partial charge on any atom is -0.384 e. The van der Waals surface area contributed by atoms with Crippen LogP contribution in [0.4, 0.5) is 11.4 Å². The zero-order valence-corrected chi connectivity index (χ0v) is 19.6. The molecule has 0 fully saturated rings. The number of pyridine rings is 2. The van der Waals surface area contributed by atoms with Crippen molar-refractivity contribution in [1.82, 2.24) is 0 Å². The molecule has 4 heteroatoms. The first kappa shape index (κ1) is 21.7. The van der Waals surface area contributed by atoms with Crippen LogP contribution in [-0.2, 0) is 13.1 Å². The predicted molar refractivity (Wildman–Crippen MR) is 138 cm³/mol. The Kier molecular flexibility index (Phi) is 7.00. The molecule has 0 amide bonds. The second kappa shape index (κ2) is 10.7. The van der Waals surface area contributed by atoms with E-state index >= 15 is 0 Å². The van der Waals surface area contributed by atoms with Crippen LogP contribution in [0.5, 0.6) is 0 Å². The Morgan fingerprint density at radius 1 is 0.485 bits per heavy atom. The fourth-order valence-electron chi connectivity index (χ4n) is 5.06. The van der Waals surface area contributed by atoms with Crippen LogP contribution < -0.4 is 19.8 Å². The zero-order chi connectivity index (χ0) is 22.3. The predicted octanol–water partition coefficient (Wildman–Crippen LogP) is 5.84. The Labute approximate surface area is 197 Å². The number of para-hydroxylation sites is 2. The summed E-state index contributed by atoms with van der Waals surface area (Å²) in [6, 6.07) is 22.2. The van der Waals surface area contributed by atoms with Crippen molar-refractivity contribution in [2.75, 3.05) is 23.7 Å². The SMILES string of the molecule is c1ccc2c(c1)c1cc[n+]2CCCCC[n+]2ccc(c3ccccc32)NCCCCCCN1. The third-order valence-electron chi connectivity index (χ3n) is 6.88. The number of aryl methyl sites for hydroxylation is 2. The van der Waals surface area contributed by atoms with E-state index in [1.807, 2.05) is 0 Å². The van der Waals surface area contributed by atoms with Crippen LogP contribution in [0.1, 0.15) is 44.9 Å². The van der Waals surface area contributed by atoms with Crippen molar-refractivity contribution in [3.05, 3.63) is 73.1 Å². The van der Waals surface area contributed by atoms with E-state index in [0.717, 1.165) is 26.2 Å². The molecule has 0 aliphatic carbocycles. The average Bonchev–Trinajstić information content (AvgIpc) is 2.86. The smallest absolute Gasteiger partial charge is 0.214 e. The number of rotatable bonds is 0. The van der Waals surface area contributed by atoms with Crippen molar-refractivity contribution in [1.29, 1.82) is 0 Å². The number of hydrogen-bond donors (Lipinski definition) is 2. The first-order valence-corrected chi connectivity index (χ1v) is 12.7. The minimum absolute atomic E-state index is 1.03. The van der Waals surface area contributed by atoms with Gasteiger partial charge in [0.15, 0.2) is 12.4 Å². The van der Waals surface area contributed by atoms with E-state index < -0.39 is 0 Å². The molecular weight excluding hydrogens is 404 g/mol. The van der Waals surface area contributed by atoms with Crippen LogP contribution in [-0.4, -0.2) is 13.1 Å². The van der Waals surface area contributed by atoms with E-state index in [-0.39, 0.29) is 0 Å². The molecular formula is C29H36N4+2. The third-order valence-corrected chi connectivity index (χ3v) is 6.88. The molecule has 0 unspecified atom stereocenters. The van der Waals surface area contributed by atoms with Gasteiger partial charge < -0.3 is 10.6 Å². The van der Waals surface area contributed by atoms with Gasteiger partial charge in [-0.15, -0.1) is 0 Å². The number of fused-ring (bicyclic) bond motifs is 13. The molecule has 2 aliphatic heterocycles. The molecule has 0 radical (unpaired) electrons. The average molecular weight is 441 g/mol. The maximum Gasteiger partial charge on any atom is 0.214 e. The molecule has 2 aromatic carbocycles. The monoisotopic (exact) mass is 440 g/mol. The van der Waals surface area contributed by atoms with Gasteiger partial charge in [0, 0.05) is 50.2 Å². The topological polar surface area (TPSA) is 31.8 Å². The highest BCUT2D eigenvalue weighted by Crippen LogP contribution is 2.22. The van der Waals surface area contributed by atoms with Gasteiger partial charge in [-0.1, -0.05) is 37.1 Å². The Morgan fingerprint density at radius 3 is 1.45 bits per heavy atom. The molecule has 2 aromatic heterocycles. The Bertz CT molecular complexity index is 1120. The molecule has 0 saturated carbocycles. The summed E-state index contributed by atoms with van der Waals surface area (Å²) >= 11 is 0. The molecule has 4 heterocycles. The first-order chi connectivity index (χ1) is 16.4. The highest BCUT2D eigenvalue weighted by molar-refractivity contribution is 5.89. The van der Waals surface area contributed by atoms with E-state index in [4.69, 9.17) is 0 Å². The molecule has 0 spiro atoms. The van der Waals surface area contributed by atoms with Crippen molar-refractivity contribution in [3.8, 4) is 0 Å². The summed E-state index contributed by atoms with van der Waals surface area (Å²) in [5.74, 6) is 0. The van der Waals surface area contributed by atoms with Crippen molar-refractivity contribution in [2.24, 2.45) is 0 Å². The second-order valence-corrected chi connectivity index (χ2v) is 9.21. The van der Waals surface area contributed by atoms with Gasteiger partial charge in [0.25, 0.3) is 0 Å². The van der Waals surface area contributed by atoms with Crippen LogP contribution >= 0.6 is 0 Å². The lowest BCUT2D eigenvalue weighted by Gasteiger charge is -2.10. The van der Waals surface area contributed by atoms with Gasteiger partial charge >= 0.3 is 0 Å². The van der Waals surface area contributed by atoms with Crippen molar-refractivity contribution in [2.45, 2.75) is 58.0 Å². The fourth-order valence-corrected chi connectivity index (χ4v) is 5.06. The number of nitrogens with zero attached hydrogens (tertiary/aromatic N) is 2. The van der Waals surface area contributed by atoms with Gasteiger partial charge in [-0.25, -0.2) is 0 Å². The van der Waals surface area contributed by atoms with Crippen LogP contribution in [0.25, 0.3) is 21.8 Å². The van der Waals surface area contributed by atoms with Crippen molar-refractivity contribution in [3.63, 3.8) is 0 Å². The van der Waals surface area contributed by atoms with Crippen LogP contribution in [0, 0.1) is 0 Å².